The Balaban J connectivity index is 0.000000335. The molecular formula is C27H35N7O2S. The highest BCUT2D eigenvalue weighted by Gasteiger charge is 2.54. The summed E-state index contributed by atoms with van der Waals surface area (Å²) < 4.78 is 6.10. The number of fused-ring (bicyclic) bond motifs is 3. The number of carbonyl (C=O) groups excluding carboxylic acids is 1. The average molecular weight is 522 g/mol. The van der Waals surface area contributed by atoms with Gasteiger partial charge in [0.05, 0.1) is 23.0 Å². The Morgan fingerprint density at radius 2 is 2.08 bits per heavy atom. The van der Waals surface area contributed by atoms with E-state index >= 15 is 0 Å². The Hall–Kier alpha value is -2.72. The predicted molar refractivity (Wildman–Crippen MR) is 144 cm³/mol. The van der Waals surface area contributed by atoms with Gasteiger partial charge in [0.25, 0.3) is 0 Å². The van der Waals surface area contributed by atoms with Gasteiger partial charge in [0.15, 0.2) is 11.6 Å². The Bertz CT molecular complexity index is 1270. The number of nitrogens with one attached hydrogen (secondary N) is 3. The van der Waals surface area contributed by atoms with Gasteiger partial charge < -0.3 is 15.4 Å². The minimum Gasteiger partial charge on any atom is -0.466 e. The number of hydrogen-bond donors (Lipinski definition) is 3. The molecule has 196 valence electrons. The fourth-order valence-electron chi connectivity index (χ4n) is 6.27. The molecule has 2 aliphatic heterocycles. The fraction of sp³-hybridized carbons (Fsp3) is 0.630. The van der Waals surface area contributed by atoms with Crippen LogP contribution in [0.4, 0.5) is 17.6 Å². The zero-order chi connectivity index (χ0) is 24.9. The van der Waals surface area contributed by atoms with Crippen LogP contribution in [0.3, 0.4) is 0 Å². The SMILES string of the molecule is C1CC2CC2C1.CCOC(=O)CC1C[C@H]2C(Nc3nc(Nc4cc(C5CC5)[nH]n4)c4sccc4n3)N2C1. The highest BCUT2D eigenvalue weighted by molar-refractivity contribution is 7.17. The summed E-state index contributed by atoms with van der Waals surface area (Å²) in [7, 11) is 0. The third-order valence-electron chi connectivity index (χ3n) is 8.52. The highest BCUT2D eigenvalue weighted by atomic mass is 32.1. The number of esters is 1. The zero-order valence-electron chi connectivity index (χ0n) is 21.3. The summed E-state index contributed by atoms with van der Waals surface area (Å²) in [6, 6.07) is 4.53. The van der Waals surface area contributed by atoms with Crippen LogP contribution < -0.4 is 10.6 Å². The van der Waals surface area contributed by atoms with Gasteiger partial charge in [-0.25, -0.2) is 4.98 Å². The number of aromatic nitrogens is 4. The van der Waals surface area contributed by atoms with Crippen molar-refractivity contribution in [3.63, 3.8) is 0 Å². The molecule has 8 rings (SSSR count). The molecule has 0 spiro atoms. The van der Waals surface area contributed by atoms with Crippen molar-refractivity contribution < 1.29 is 9.53 Å². The topological polar surface area (TPSA) is 108 Å². The number of aromatic amines is 1. The molecule has 5 aliphatic rings. The van der Waals surface area contributed by atoms with Gasteiger partial charge in [-0.2, -0.15) is 10.1 Å². The molecule has 9 nitrogen and oxygen atoms in total. The lowest BCUT2D eigenvalue weighted by Crippen LogP contribution is -2.22. The molecule has 37 heavy (non-hydrogen) atoms. The molecule has 6 atom stereocenters. The highest BCUT2D eigenvalue weighted by Crippen LogP contribution is 2.51. The second kappa shape index (κ2) is 9.54. The molecule has 0 radical (unpaired) electrons. The van der Waals surface area contributed by atoms with Gasteiger partial charge in [0.1, 0.15) is 0 Å². The Morgan fingerprint density at radius 1 is 1.22 bits per heavy atom. The molecule has 3 N–H and O–H groups in total. The normalized spacial score (nSPS) is 30.7. The van der Waals surface area contributed by atoms with Crippen LogP contribution in [-0.2, 0) is 9.53 Å². The fourth-order valence-corrected chi connectivity index (χ4v) is 7.05. The monoisotopic (exact) mass is 521 g/mol. The van der Waals surface area contributed by atoms with Crippen molar-refractivity contribution in [2.75, 3.05) is 23.8 Å². The van der Waals surface area contributed by atoms with Gasteiger partial charge >= 0.3 is 5.97 Å². The Labute approximate surface area is 220 Å². The van der Waals surface area contributed by atoms with E-state index in [0.29, 0.717) is 36.9 Å². The summed E-state index contributed by atoms with van der Waals surface area (Å²) in [6.45, 7) is 3.20. The Kier molecular flexibility index (Phi) is 6.04. The summed E-state index contributed by atoms with van der Waals surface area (Å²) in [5.74, 6) is 5.52. The van der Waals surface area contributed by atoms with E-state index in [1.807, 2.05) is 18.4 Å². The summed E-state index contributed by atoms with van der Waals surface area (Å²) in [5.41, 5.74) is 2.11. The van der Waals surface area contributed by atoms with E-state index in [0.717, 1.165) is 34.8 Å². The third kappa shape index (κ3) is 5.05. The maximum atomic E-state index is 11.7. The van der Waals surface area contributed by atoms with Gasteiger partial charge in [0.2, 0.25) is 5.95 Å². The molecule has 5 heterocycles. The molecule has 0 aromatic carbocycles. The summed E-state index contributed by atoms with van der Waals surface area (Å²) >= 11 is 1.62. The molecule has 2 saturated heterocycles. The average Bonchev–Trinajstić information content (AvgIpc) is 3.77. The number of carbonyl (C=O) groups is 1. The zero-order valence-corrected chi connectivity index (χ0v) is 22.1. The minimum absolute atomic E-state index is 0.0929. The summed E-state index contributed by atoms with van der Waals surface area (Å²) in [4.78, 5) is 23.6. The van der Waals surface area contributed by atoms with Gasteiger partial charge in [-0.05, 0) is 61.8 Å². The number of ether oxygens (including phenoxy) is 1. The largest absolute Gasteiger partial charge is 0.466 e. The number of thiophene rings is 1. The Morgan fingerprint density at radius 3 is 2.76 bits per heavy atom. The minimum atomic E-state index is -0.0929. The predicted octanol–water partition coefficient (Wildman–Crippen LogP) is 5.24. The van der Waals surface area contributed by atoms with E-state index < -0.39 is 0 Å². The van der Waals surface area contributed by atoms with Crippen molar-refractivity contribution in [2.24, 2.45) is 17.8 Å². The van der Waals surface area contributed by atoms with Crippen molar-refractivity contribution in [1.82, 2.24) is 25.1 Å². The number of nitrogens with zero attached hydrogens (tertiary/aromatic N) is 4. The molecule has 3 aromatic heterocycles. The lowest BCUT2D eigenvalue weighted by Gasteiger charge is -2.14. The molecular weight excluding hydrogens is 486 g/mol. The maximum Gasteiger partial charge on any atom is 0.306 e. The number of hydrogen-bond acceptors (Lipinski definition) is 9. The first kappa shape index (κ1) is 23.4. The lowest BCUT2D eigenvalue weighted by atomic mass is 10.0. The number of piperidine rings is 1. The van der Waals surface area contributed by atoms with Crippen LogP contribution in [0.25, 0.3) is 10.2 Å². The molecule has 10 heteroatoms. The van der Waals surface area contributed by atoms with E-state index in [9.17, 15) is 4.79 Å². The van der Waals surface area contributed by atoms with E-state index in [1.54, 1.807) is 30.6 Å². The van der Waals surface area contributed by atoms with Gasteiger partial charge in [-0.3, -0.25) is 14.8 Å². The maximum absolute atomic E-state index is 11.7. The van der Waals surface area contributed by atoms with Crippen LogP contribution in [0.15, 0.2) is 17.5 Å². The van der Waals surface area contributed by atoms with Crippen LogP contribution in [0, 0.1) is 17.8 Å². The van der Waals surface area contributed by atoms with Crippen LogP contribution in [-0.4, -0.2) is 56.4 Å². The van der Waals surface area contributed by atoms with Crippen molar-refractivity contribution in [3.8, 4) is 0 Å². The first-order valence-corrected chi connectivity index (χ1v) is 14.8. The number of rotatable bonds is 8. The van der Waals surface area contributed by atoms with Gasteiger partial charge in [-0.1, -0.05) is 19.3 Å². The second-order valence-electron chi connectivity index (χ2n) is 11.3. The van der Waals surface area contributed by atoms with Crippen LogP contribution >= 0.6 is 11.3 Å². The first-order valence-electron chi connectivity index (χ1n) is 13.9. The molecule has 3 aromatic rings. The van der Waals surface area contributed by atoms with Crippen molar-refractivity contribution in [2.45, 2.75) is 76.4 Å². The van der Waals surface area contributed by atoms with E-state index in [-0.39, 0.29) is 12.1 Å². The summed E-state index contributed by atoms with van der Waals surface area (Å²) in [5, 5.41) is 16.4. The van der Waals surface area contributed by atoms with Crippen LogP contribution in [0.1, 0.15) is 69.9 Å². The number of anilines is 3. The molecule has 0 bridgehead atoms. The molecule has 3 aliphatic carbocycles. The van der Waals surface area contributed by atoms with Crippen molar-refractivity contribution in [1.29, 1.82) is 0 Å². The molecule has 5 fully saturated rings. The van der Waals surface area contributed by atoms with E-state index in [1.165, 1.54) is 36.8 Å². The van der Waals surface area contributed by atoms with E-state index in [4.69, 9.17) is 14.7 Å². The standard InChI is InChI=1S/C21H25N7O2S.C6H10/c1-2-30-17(29)8-11-7-15-20(28(15)10-11)25-21-22-13-5-6-31-18(13)19(24-21)23-16-9-14(26-27-16)12-3-4-12;1-2-5-4-6(5)3-1/h5-6,9,11-12,15,20H,2-4,7-8,10H2,1H3,(H3,22,23,24,25,26,27);5-6H,1-4H2/t11?,15-,20?,28?;/m0./s1. The number of H-pyrrole nitrogens is 1. The lowest BCUT2D eigenvalue weighted by molar-refractivity contribution is -0.144. The quantitative estimate of drug-likeness (QED) is 0.273. The summed E-state index contributed by atoms with van der Waals surface area (Å²) in [6.07, 6.45) is 10.4. The molecule has 0 amide bonds. The third-order valence-corrected chi connectivity index (χ3v) is 9.43. The smallest absolute Gasteiger partial charge is 0.306 e. The first-order chi connectivity index (χ1) is 18.1. The molecule has 3 saturated carbocycles. The van der Waals surface area contributed by atoms with Gasteiger partial charge in [-0.15, -0.1) is 11.3 Å². The van der Waals surface area contributed by atoms with Crippen LogP contribution in [0.2, 0.25) is 0 Å². The van der Waals surface area contributed by atoms with E-state index in [2.05, 4.69) is 31.8 Å². The second-order valence-corrected chi connectivity index (χ2v) is 12.2. The molecule has 5 unspecified atom stereocenters. The van der Waals surface area contributed by atoms with Gasteiger partial charge in [0, 0.05) is 36.7 Å². The van der Waals surface area contributed by atoms with Crippen molar-refractivity contribution in [3.05, 3.63) is 23.2 Å². The van der Waals surface area contributed by atoms with Crippen LogP contribution in [0.5, 0.6) is 0 Å². The van der Waals surface area contributed by atoms with Crippen molar-refractivity contribution >= 4 is 45.1 Å².